The number of rotatable bonds is 2. The van der Waals surface area contributed by atoms with Gasteiger partial charge in [-0.3, -0.25) is 4.79 Å². The molecular weight excluding hydrogens is 273 g/mol. The average Bonchev–Trinajstić information content (AvgIpc) is 2.64. The van der Waals surface area contributed by atoms with Gasteiger partial charge in [-0.1, -0.05) is 28.1 Å². The molecule has 2 nitrogen and oxygen atoms in total. The van der Waals surface area contributed by atoms with Crippen LogP contribution in [0.3, 0.4) is 0 Å². The van der Waals surface area contributed by atoms with Crippen molar-refractivity contribution in [2.24, 2.45) is 5.92 Å². The van der Waals surface area contributed by atoms with Crippen molar-refractivity contribution < 1.29 is 9.18 Å². The molecule has 0 aromatic heterocycles. The number of benzene rings is 1. The van der Waals surface area contributed by atoms with E-state index < -0.39 is 0 Å². The van der Waals surface area contributed by atoms with Crippen LogP contribution in [-0.4, -0.2) is 17.8 Å². The van der Waals surface area contributed by atoms with Crippen LogP contribution in [0.2, 0.25) is 0 Å². The Labute approximate surface area is 103 Å². The number of carbonyl (C=O) groups excluding carboxylic acids is 1. The summed E-state index contributed by atoms with van der Waals surface area (Å²) >= 11 is 3.36. The molecule has 0 N–H and O–H groups in total. The van der Waals surface area contributed by atoms with Gasteiger partial charge in [-0.25, -0.2) is 4.39 Å². The molecule has 1 unspecified atom stereocenters. The van der Waals surface area contributed by atoms with Crippen LogP contribution in [0.5, 0.6) is 0 Å². The van der Waals surface area contributed by atoms with Crippen molar-refractivity contribution in [3.05, 3.63) is 29.6 Å². The van der Waals surface area contributed by atoms with E-state index in [9.17, 15) is 9.18 Å². The van der Waals surface area contributed by atoms with Gasteiger partial charge in [0.25, 0.3) is 0 Å². The molecule has 2 rings (SSSR count). The quantitative estimate of drug-likeness (QED) is 0.765. The molecule has 1 fully saturated rings. The first-order valence-electron chi connectivity index (χ1n) is 5.25. The number of hydrogen-bond acceptors (Lipinski definition) is 1. The number of halogens is 2. The molecule has 1 heterocycles. The zero-order valence-corrected chi connectivity index (χ0v) is 10.6. The Balaban J connectivity index is 2.31. The average molecular weight is 286 g/mol. The van der Waals surface area contributed by atoms with Crippen LogP contribution >= 0.6 is 15.9 Å². The summed E-state index contributed by atoms with van der Waals surface area (Å²) in [5.41, 5.74) is 0.987. The molecule has 1 aliphatic rings. The second kappa shape index (κ2) is 4.53. The highest BCUT2D eigenvalue weighted by Crippen LogP contribution is 2.29. The third-order valence-corrected chi connectivity index (χ3v) is 3.80. The summed E-state index contributed by atoms with van der Waals surface area (Å²) in [5.74, 6) is 0.00688. The van der Waals surface area contributed by atoms with Crippen LogP contribution in [0, 0.1) is 18.7 Å². The molecule has 1 aromatic carbocycles. The van der Waals surface area contributed by atoms with Crippen molar-refractivity contribution in [3.8, 4) is 0 Å². The monoisotopic (exact) mass is 285 g/mol. The summed E-state index contributed by atoms with van der Waals surface area (Å²) in [4.78, 5) is 13.3. The Hall–Kier alpha value is -0.900. The van der Waals surface area contributed by atoms with Crippen molar-refractivity contribution in [2.75, 3.05) is 16.8 Å². The van der Waals surface area contributed by atoms with Gasteiger partial charge in [0.15, 0.2) is 0 Å². The van der Waals surface area contributed by atoms with Crippen LogP contribution < -0.4 is 4.90 Å². The van der Waals surface area contributed by atoms with E-state index in [1.807, 2.05) is 0 Å². The SMILES string of the molecule is Cc1cccc(N2CC(CBr)CC2=O)c1F. The van der Waals surface area contributed by atoms with E-state index >= 15 is 0 Å². The predicted molar refractivity (Wildman–Crippen MR) is 65.4 cm³/mol. The van der Waals surface area contributed by atoms with Crippen molar-refractivity contribution in [1.82, 2.24) is 0 Å². The maximum Gasteiger partial charge on any atom is 0.227 e. The zero-order chi connectivity index (χ0) is 11.7. The first-order valence-corrected chi connectivity index (χ1v) is 6.37. The van der Waals surface area contributed by atoms with Crippen molar-refractivity contribution >= 4 is 27.5 Å². The molecule has 0 saturated carbocycles. The summed E-state index contributed by atoms with van der Waals surface area (Å²) in [5, 5.41) is 0.780. The summed E-state index contributed by atoms with van der Waals surface area (Å²) in [6.45, 7) is 2.31. The number of hydrogen-bond donors (Lipinski definition) is 0. The highest BCUT2D eigenvalue weighted by Gasteiger charge is 2.31. The van der Waals surface area contributed by atoms with Gasteiger partial charge in [0.1, 0.15) is 5.82 Å². The second-order valence-electron chi connectivity index (χ2n) is 4.14. The largest absolute Gasteiger partial charge is 0.309 e. The number of alkyl halides is 1. The summed E-state index contributed by atoms with van der Waals surface area (Å²) in [6.07, 6.45) is 0.499. The Morgan fingerprint density at radius 2 is 2.31 bits per heavy atom. The Morgan fingerprint density at radius 1 is 1.56 bits per heavy atom. The van der Waals surface area contributed by atoms with E-state index in [0.29, 0.717) is 24.2 Å². The van der Waals surface area contributed by atoms with Gasteiger partial charge in [0.05, 0.1) is 5.69 Å². The minimum absolute atomic E-state index is 0.00829. The van der Waals surface area contributed by atoms with E-state index in [1.165, 1.54) is 0 Å². The normalized spacial score (nSPS) is 20.6. The lowest BCUT2D eigenvalue weighted by atomic mass is 10.1. The fourth-order valence-corrected chi connectivity index (χ4v) is 2.39. The van der Waals surface area contributed by atoms with E-state index in [4.69, 9.17) is 0 Å². The van der Waals surface area contributed by atoms with Crippen LogP contribution in [-0.2, 0) is 4.79 Å². The molecule has 1 saturated heterocycles. The van der Waals surface area contributed by atoms with E-state index in [1.54, 1.807) is 30.0 Å². The molecule has 0 radical (unpaired) electrons. The van der Waals surface area contributed by atoms with Gasteiger partial charge in [-0.05, 0) is 24.5 Å². The maximum atomic E-state index is 13.9. The number of carbonyl (C=O) groups is 1. The van der Waals surface area contributed by atoms with Crippen molar-refractivity contribution in [2.45, 2.75) is 13.3 Å². The first kappa shape index (κ1) is 11.6. The molecule has 86 valence electrons. The maximum absolute atomic E-state index is 13.9. The Kier molecular flexibility index (Phi) is 3.28. The lowest BCUT2D eigenvalue weighted by molar-refractivity contribution is -0.117. The van der Waals surface area contributed by atoms with Crippen molar-refractivity contribution in [3.63, 3.8) is 0 Å². The first-order chi connectivity index (χ1) is 7.63. The van der Waals surface area contributed by atoms with Gasteiger partial charge in [0, 0.05) is 18.3 Å². The van der Waals surface area contributed by atoms with E-state index in [-0.39, 0.29) is 17.6 Å². The highest BCUT2D eigenvalue weighted by atomic mass is 79.9. The fourth-order valence-electron chi connectivity index (χ4n) is 1.96. The smallest absolute Gasteiger partial charge is 0.227 e. The van der Waals surface area contributed by atoms with Gasteiger partial charge in [0.2, 0.25) is 5.91 Å². The summed E-state index contributed by atoms with van der Waals surface area (Å²) in [6, 6.07) is 5.15. The molecule has 1 atom stereocenters. The third kappa shape index (κ3) is 1.98. The lowest BCUT2D eigenvalue weighted by Gasteiger charge is -2.18. The molecule has 16 heavy (non-hydrogen) atoms. The number of aryl methyl sites for hydroxylation is 1. The minimum Gasteiger partial charge on any atom is -0.309 e. The van der Waals surface area contributed by atoms with Crippen LogP contribution in [0.15, 0.2) is 18.2 Å². The van der Waals surface area contributed by atoms with Crippen LogP contribution in [0.1, 0.15) is 12.0 Å². The molecule has 0 aliphatic carbocycles. The summed E-state index contributed by atoms with van der Waals surface area (Å²) < 4.78 is 13.9. The van der Waals surface area contributed by atoms with E-state index in [2.05, 4.69) is 15.9 Å². The minimum atomic E-state index is -0.286. The van der Waals surface area contributed by atoms with Gasteiger partial charge < -0.3 is 4.90 Å². The number of amides is 1. The molecule has 1 amide bonds. The molecular formula is C12H13BrFNO. The molecule has 0 spiro atoms. The molecule has 1 aliphatic heterocycles. The topological polar surface area (TPSA) is 20.3 Å². The third-order valence-electron chi connectivity index (χ3n) is 2.89. The van der Waals surface area contributed by atoms with Crippen molar-refractivity contribution in [1.29, 1.82) is 0 Å². The highest BCUT2D eigenvalue weighted by molar-refractivity contribution is 9.09. The lowest BCUT2D eigenvalue weighted by Crippen LogP contribution is -2.25. The van der Waals surface area contributed by atoms with Crippen LogP contribution in [0.4, 0.5) is 10.1 Å². The van der Waals surface area contributed by atoms with Gasteiger partial charge >= 0.3 is 0 Å². The Morgan fingerprint density at radius 3 is 2.94 bits per heavy atom. The van der Waals surface area contributed by atoms with Gasteiger partial charge in [-0.15, -0.1) is 0 Å². The van der Waals surface area contributed by atoms with Crippen LogP contribution in [0.25, 0.3) is 0 Å². The second-order valence-corrected chi connectivity index (χ2v) is 4.78. The standard InChI is InChI=1S/C12H13BrFNO/c1-8-3-2-4-10(12(8)14)15-7-9(6-13)5-11(15)16/h2-4,9H,5-7H2,1H3. The molecule has 4 heteroatoms. The zero-order valence-electron chi connectivity index (χ0n) is 9.04. The Bertz CT molecular complexity index is 421. The fraction of sp³-hybridized carbons (Fsp3) is 0.417. The van der Waals surface area contributed by atoms with Gasteiger partial charge in [-0.2, -0.15) is 0 Å². The molecule has 0 bridgehead atoms. The van der Waals surface area contributed by atoms with E-state index in [0.717, 1.165) is 5.33 Å². The number of nitrogens with zero attached hydrogens (tertiary/aromatic N) is 1. The summed E-state index contributed by atoms with van der Waals surface area (Å²) in [7, 11) is 0. The molecule has 1 aromatic rings. The number of anilines is 1. The predicted octanol–water partition coefficient (Wildman–Crippen LogP) is 2.88.